The molecule has 0 fully saturated rings. The van der Waals surface area contributed by atoms with E-state index in [2.05, 4.69) is 15.9 Å². The predicted molar refractivity (Wildman–Crippen MR) is 61.3 cm³/mol. The van der Waals surface area contributed by atoms with E-state index in [4.69, 9.17) is 10.5 Å². The first-order chi connectivity index (χ1) is 5.57. The topological polar surface area (TPSA) is 35.2 Å². The number of aryl methyl sites for hydroxylation is 1. The molecule has 0 radical (unpaired) electrons. The van der Waals surface area contributed by atoms with Gasteiger partial charge in [-0.25, -0.2) is 0 Å². The molecule has 0 heterocycles. The number of hydrogen-bond acceptors (Lipinski definition) is 2. The third kappa shape index (κ3) is 2.15. The molecule has 0 aliphatic heterocycles. The van der Waals surface area contributed by atoms with E-state index in [9.17, 15) is 0 Å². The third-order valence-corrected chi connectivity index (χ3v) is 2.52. The van der Waals surface area contributed by atoms with E-state index in [-0.39, 0.29) is 7.43 Å². The number of rotatable bonds is 1. The van der Waals surface area contributed by atoms with Gasteiger partial charge in [0.2, 0.25) is 0 Å². The monoisotopic (exact) mass is 245 g/mol. The molecule has 2 N–H and O–H groups in total. The molecule has 0 bridgehead atoms. The predicted octanol–water partition coefficient (Wildman–Crippen LogP) is 3.29. The zero-order chi connectivity index (χ0) is 9.30. The van der Waals surface area contributed by atoms with Gasteiger partial charge in [0.15, 0.2) is 0 Å². The summed E-state index contributed by atoms with van der Waals surface area (Å²) in [6.45, 7) is 3.93. The normalized spacial score (nSPS) is 9.23. The lowest BCUT2D eigenvalue weighted by Crippen LogP contribution is -1.97. The van der Waals surface area contributed by atoms with Crippen LogP contribution in [0.4, 0.5) is 5.69 Å². The Kier molecular flexibility index (Phi) is 4.27. The van der Waals surface area contributed by atoms with Crippen LogP contribution >= 0.6 is 15.9 Å². The van der Waals surface area contributed by atoms with Gasteiger partial charge in [-0.15, -0.1) is 0 Å². The van der Waals surface area contributed by atoms with E-state index in [1.807, 2.05) is 19.9 Å². The van der Waals surface area contributed by atoms with Crippen molar-refractivity contribution in [1.29, 1.82) is 0 Å². The van der Waals surface area contributed by atoms with Crippen molar-refractivity contribution >= 4 is 21.6 Å². The Hall–Kier alpha value is -0.700. The summed E-state index contributed by atoms with van der Waals surface area (Å²) in [4.78, 5) is 0. The van der Waals surface area contributed by atoms with Crippen molar-refractivity contribution in [3.8, 4) is 5.75 Å². The van der Waals surface area contributed by atoms with E-state index in [1.54, 1.807) is 7.11 Å². The number of anilines is 1. The maximum absolute atomic E-state index is 5.83. The molecule has 2 nitrogen and oxygen atoms in total. The van der Waals surface area contributed by atoms with Crippen LogP contribution in [-0.4, -0.2) is 7.11 Å². The second-order valence-corrected chi connectivity index (χ2v) is 3.60. The van der Waals surface area contributed by atoms with E-state index in [0.717, 1.165) is 27.0 Å². The lowest BCUT2D eigenvalue weighted by Gasteiger charge is -2.11. The first kappa shape index (κ1) is 12.3. The molecule has 0 aromatic heterocycles. The number of ether oxygens (including phenoxy) is 1. The van der Waals surface area contributed by atoms with Crippen LogP contribution in [0.5, 0.6) is 5.75 Å². The standard InChI is InChI=1S/C9H12BrNO.CH4/c1-5-4-7(10)9(12-3)6(2)8(5)11;/h4H,11H2,1-3H3;1H4. The van der Waals surface area contributed by atoms with Gasteiger partial charge in [-0.1, -0.05) is 7.43 Å². The van der Waals surface area contributed by atoms with Gasteiger partial charge in [0.1, 0.15) is 5.75 Å². The highest BCUT2D eigenvalue weighted by Gasteiger charge is 2.08. The van der Waals surface area contributed by atoms with Crippen molar-refractivity contribution in [3.63, 3.8) is 0 Å². The highest BCUT2D eigenvalue weighted by molar-refractivity contribution is 9.10. The minimum absolute atomic E-state index is 0. The average molecular weight is 246 g/mol. The molecule has 1 rings (SSSR count). The van der Waals surface area contributed by atoms with Crippen molar-refractivity contribution in [3.05, 3.63) is 21.7 Å². The molecule has 3 heteroatoms. The van der Waals surface area contributed by atoms with Crippen molar-refractivity contribution in [2.45, 2.75) is 21.3 Å². The summed E-state index contributed by atoms with van der Waals surface area (Å²) in [5.74, 6) is 0.818. The van der Waals surface area contributed by atoms with E-state index < -0.39 is 0 Å². The summed E-state index contributed by atoms with van der Waals surface area (Å²) in [5, 5.41) is 0. The van der Waals surface area contributed by atoms with Gasteiger partial charge in [0, 0.05) is 11.3 Å². The number of methoxy groups -OCH3 is 1. The van der Waals surface area contributed by atoms with Crippen LogP contribution in [0.25, 0.3) is 0 Å². The van der Waals surface area contributed by atoms with E-state index in [0.29, 0.717) is 0 Å². The fourth-order valence-corrected chi connectivity index (χ4v) is 1.98. The van der Waals surface area contributed by atoms with E-state index in [1.165, 1.54) is 0 Å². The molecule has 1 aromatic rings. The second-order valence-electron chi connectivity index (χ2n) is 2.75. The van der Waals surface area contributed by atoms with Gasteiger partial charge in [-0.3, -0.25) is 0 Å². The smallest absolute Gasteiger partial charge is 0.138 e. The highest BCUT2D eigenvalue weighted by Crippen LogP contribution is 2.34. The highest BCUT2D eigenvalue weighted by atomic mass is 79.9. The van der Waals surface area contributed by atoms with Gasteiger partial charge >= 0.3 is 0 Å². The minimum Gasteiger partial charge on any atom is -0.495 e. The Balaban J connectivity index is 0.00000144. The van der Waals surface area contributed by atoms with Crippen molar-refractivity contribution in [1.82, 2.24) is 0 Å². The Morgan fingerprint density at radius 3 is 2.38 bits per heavy atom. The maximum atomic E-state index is 5.83. The lowest BCUT2D eigenvalue weighted by atomic mass is 10.1. The fraction of sp³-hybridized carbons (Fsp3) is 0.400. The molecule has 0 spiro atoms. The third-order valence-electron chi connectivity index (χ3n) is 1.93. The maximum Gasteiger partial charge on any atom is 0.138 e. The molecule has 0 aliphatic carbocycles. The van der Waals surface area contributed by atoms with Crippen LogP contribution in [0.2, 0.25) is 0 Å². The van der Waals surface area contributed by atoms with E-state index >= 15 is 0 Å². The number of nitrogens with two attached hydrogens (primary N) is 1. The van der Waals surface area contributed by atoms with Crippen LogP contribution in [0.15, 0.2) is 10.5 Å². The lowest BCUT2D eigenvalue weighted by molar-refractivity contribution is 0.409. The first-order valence-corrected chi connectivity index (χ1v) is 4.46. The quantitative estimate of drug-likeness (QED) is 0.771. The van der Waals surface area contributed by atoms with Crippen molar-refractivity contribution < 1.29 is 4.74 Å². The van der Waals surface area contributed by atoms with Crippen LogP contribution < -0.4 is 10.5 Å². The molecular weight excluding hydrogens is 230 g/mol. The van der Waals surface area contributed by atoms with Crippen LogP contribution in [-0.2, 0) is 0 Å². The summed E-state index contributed by atoms with van der Waals surface area (Å²) in [5.41, 5.74) is 8.69. The Morgan fingerprint density at radius 1 is 1.38 bits per heavy atom. The average Bonchev–Trinajstić information content (AvgIpc) is 2.01. The molecule has 0 saturated heterocycles. The van der Waals surface area contributed by atoms with Crippen molar-refractivity contribution in [2.75, 3.05) is 12.8 Å². The van der Waals surface area contributed by atoms with Crippen LogP contribution in [0, 0.1) is 13.8 Å². The molecule has 0 unspecified atom stereocenters. The molecule has 13 heavy (non-hydrogen) atoms. The van der Waals surface area contributed by atoms with Gasteiger partial charge in [0.25, 0.3) is 0 Å². The molecular formula is C10H16BrNO. The zero-order valence-electron chi connectivity index (χ0n) is 7.44. The Bertz CT molecular complexity index is 310. The second kappa shape index (κ2) is 4.51. The SMILES string of the molecule is C.COc1c(Br)cc(C)c(N)c1C. The zero-order valence-corrected chi connectivity index (χ0v) is 9.03. The summed E-state index contributed by atoms with van der Waals surface area (Å²) >= 11 is 3.41. The van der Waals surface area contributed by atoms with Crippen molar-refractivity contribution in [2.24, 2.45) is 0 Å². The fourth-order valence-electron chi connectivity index (χ4n) is 1.18. The molecule has 0 amide bonds. The number of benzene rings is 1. The number of nitrogen functional groups attached to an aromatic ring is 1. The molecule has 1 aromatic carbocycles. The molecule has 0 saturated carbocycles. The van der Waals surface area contributed by atoms with Gasteiger partial charge in [0.05, 0.1) is 11.6 Å². The summed E-state index contributed by atoms with van der Waals surface area (Å²) < 4.78 is 6.14. The largest absolute Gasteiger partial charge is 0.495 e. The molecule has 74 valence electrons. The molecule has 0 atom stereocenters. The minimum atomic E-state index is 0. The summed E-state index contributed by atoms with van der Waals surface area (Å²) in [7, 11) is 1.64. The van der Waals surface area contributed by atoms with Gasteiger partial charge in [-0.2, -0.15) is 0 Å². The number of hydrogen-bond donors (Lipinski definition) is 1. The van der Waals surface area contributed by atoms with Gasteiger partial charge in [-0.05, 0) is 41.4 Å². The summed E-state index contributed by atoms with van der Waals surface area (Å²) in [6, 6.07) is 1.96. The summed E-state index contributed by atoms with van der Waals surface area (Å²) in [6.07, 6.45) is 0. The van der Waals surface area contributed by atoms with Crippen LogP contribution in [0.3, 0.4) is 0 Å². The van der Waals surface area contributed by atoms with Gasteiger partial charge < -0.3 is 10.5 Å². The van der Waals surface area contributed by atoms with Crippen LogP contribution in [0.1, 0.15) is 18.6 Å². The Morgan fingerprint density at radius 2 is 1.92 bits per heavy atom. The Labute approximate surface area is 88.2 Å². The first-order valence-electron chi connectivity index (χ1n) is 3.67. The number of halogens is 1. The molecule has 0 aliphatic rings.